The van der Waals surface area contributed by atoms with Gasteiger partial charge in [-0.25, -0.2) is 0 Å². The molecule has 0 aromatic rings. The van der Waals surface area contributed by atoms with Crippen LogP contribution >= 0.6 is 0 Å². The molecule has 2 aliphatic rings. The summed E-state index contributed by atoms with van der Waals surface area (Å²) in [5.74, 6) is 0.378. The van der Waals surface area contributed by atoms with Crippen LogP contribution in [0.2, 0.25) is 0 Å². The Morgan fingerprint density at radius 1 is 1.50 bits per heavy atom. The Morgan fingerprint density at radius 2 is 2.25 bits per heavy atom. The molecule has 0 heterocycles. The van der Waals surface area contributed by atoms with Gasteiger partial charge in [-0.05, 0) is 31.6 Å². The molecule has 2 saturated carbocycles. The summed E-state index contributed by atoms with van der Waals surface area (Å²) in [5.41, 5.74) is 11.1. The summed E-state index contributed by atoms with van der Waals surface area (Å²) >= 11 is 0. The number of carbonyl (C=O) groups excluding carboxylic acids is 1. The van der Waals surface area contributed by atoms with Crippen LogP contribution in [0.5, 0.6) is 0 Å². The third-order valence-corrected chi connectivity index (χ3v) is 3.66. The molecule has 2 rings (SSSR count). The van der Waals surface area contributed by atoms with E-state index in [-0.39, 0.29) is 17.4 Å². The number of primary amides is 1. The maximum atomic E-state index is 11.3. The largest absolute Gasteiger partial charge is 0.369 e. The number of rotatable bonds is 1. The minimum Gasteiger partial charge on any atom is -0.369 e. The van der Waals surface area contributed by atoms with Gasteiger partial charge in [0.2, 0.25) is 5.91 Å². The van der Waals surface area contributed by atoms with E-state index in [0.29, 0.717) is 5.92 Å². The lowest BCUT2D eigenvalue weighted by atomic mass is 9.80. The molecule has 0 aliphatic heterocycles. The molecule has 0 saturated heterocycles. The zero-order chi connectivity index (χ0) is 8.77. The van der Waals surface area contributed by atoms with Crippen LogP contribution in [0, 0.1) is 11.3 Å². The SMILES string of the molecule is NC(=O)C12CCCC1CC(N)C2. The van der Waals surface area contributed by atoms with E-state index in [1.807, 2.05) is 0 Å². The first-order chi connectivity index (χ1) is 5.65. The third kappa shape index (κ3) is 0.891. The normalized spacial score (nSPS) is 46.1. The zero-order valence-electron chi connectivity index (χ0n) is 7.25. The van der Waals surface area contributed by atoms with E-state index in [1.165, 1.54) is 0 Å². The summed E-state index contributed by atoms with van der Waals surface area (Å²) < 4.78 is 0. The number of nitrogens with two attached hydrogens (primary N) is 2. The topological polar surface area (TPSA) is 69.1 Å². The number of carbonyl (C=O) groups is 1. The lowest BCUT2D eigenvalue weighted by Gasteiger charge is -2.24. The van der Waals surface area contributed by atoms with Crippen LogP contribution in [0.25, 0.3) is 0 Å². The highest BCUT2D eigenvalue weighted by Crippen LogP contribution is 2.53. The minimum atomic E-state index is -0.209. The van der Waals surface area contributed by atoms with Crippen LogP contribution in [-0.4, -0.2) is 11.9 Å². The Balaban J connectivity index is 2.26. The number of fused-ring (bicyclic) bond motifs is 1. The van der Waals surface area contributed by atoms with Crippen molar-refractivity contribution in [1.29, 1.82) is 0 Å². The quantitative estimate of drug-likeness (QED) is 0.594. The molecule has 68 valence electrons. The van der Waals surface area contributed by atoms with Crippen molar-refractivity contribution in [2.45, 2.75) is 38.1 Å². The van der Waals surface area contributed by atoms with Gasteiger partial charge in [0.05, 0.1) is 5.41 Å². The Labute approximate surface area is 72.5 Å². The molecule has 0 aromatic carbocycles. The van der Waals surface area contributed by atoms with Crippen LogP contribution in [0.1, 0.15) is 32.1 Å². The first-order valence-corrected chi connectivity index (χ1v) is 4.70. The summed E-state index contributed by atoms with van der Waals surface area (Å²) in [6.07, 6.45) is 5.10. The maximum Gasteiger partial charge on any atom is 0.223 e. The van der Waals surface area contributed by atoms with Crippen molar-refractivity contribution < 1.29 is 4.79 Å². The van der Waals surface area contributed by atoms with Crippen LogP contribution in [0.15, 0.2) is 0 Å². The van der Waals surface area contributed by atoms with Gasteiger partial charge in [0.15, 0.2) is 0 Å². The second-order valence-corrected chi connectivity index (χ2v) is 4.31. The second kappa shape index (κ2) is 2.46. The number of hydrogen-bond acceptors (Lipinski definition) is 2. The molecule has 0 spiro atoms. The van der Waals surface area contributed by atoms with Gasteiger partial charge in [0, 0.05) is 6.04 Å². The molecule has 4 N–H and O–H groups in total. The summed E-state index contributed by atoms with van der Waals surface area (Å²) in [6, 6.07) is 0.211. The highest BCUT2D eigenvalue weighted by Gasteiger charge is 2.52. The molecule has 3 unspecified atom stereocenters. The standard InChI is InChI=1S/C9H16N2O/c10-7-4-6-2-1-3-9(6,5-7)8(11)12/h6-7H,1-5,10H2,(H2,11,12). The minimum absolute atomic E-state index is 0.113. The first kappa shape index (κ1) is 8.05. The van der Waals surface area contributed by atoms with Crippen molar-refractivity contribution in [3.63, 3.8) is 0 Å². The Bertz CT molecular complexity index is 217. The van der Waals surface area contributed by atoms with E-state index < -0.39 is 0 Å². The van der Waals surface area contributed by atoms with Crippen LogP contribution < -0.4 is 11.5 Å². The van der Waals surface area contributed by atoms with Gasteiger partial charge in [-0.15, -0.1) is 0 Å². The van der Waals surface area contributed by atoms with E-state index >= 15 is 0 Å². The predicted molar refractivity (Wildman–Crippen MR) is 46.2 cm³/mol. The van der Waals surface area contributed by atoms with E-state index in [9.17, 15) is 4.79 Å². The van der Waals surface area contributed by atoms with E-state index in [0.717, 1.165) is 32.1 Å². The van der Waals surface area contributed by atoms with E-state index in [4.69, 9.17) is 11.5 Å². The number of hydrogen-bond donors (Lipinski definition) is 2. The van der Waals surface area contributed by atoms with Gasteiger partial charge in [-0.2, -0.15) is 0 Å². The fourth-order valence-electron chi connectivity index (χ4n) is 3.10. The first-order valence-electron chi connectivity index (χ1n) is 4.70. The smallest absolute Gasteiger partial charge is 0.223 e. The molecular formula is C9H16N2O. The van der Waals surface area contributed by atoms with Crippen LogP contribution in [0.4, 0.5) is 0 Å². The fraction of sp³-hybridized carbons (Fsp3) is 0.889. The Morgan fingerprint density at radius 3 is 2.83 bits per heavy atom. The van der Waals surface area contributed by atoms with Crippen molar-refractivity contribution in [2.75, 3.05) is 0 Å². The highest BCUT2D eigenvalue weighted by molar-refractivity contribution is 5.82. The molecule has 2 aliphatic carbocycles. The van der Waals surface area contributed by atoms with Crippen molar-refractivity contribution in [3.8, 4) is 0 Å². The van der Waals surface area contributed by atoms with Gasteiger partial charge in [-0.3, -0.25) is 4.79 Å². The van der Waals surface area contributed by atoms with Crippen LogP contribution in [-0.2, 0) is 4.79 Å². The molecule has 3 atom stereocenters. The van der Waals surface area contributed by atoms with Gasteiger partial charge < -0.3 is 11.5 Å². The molecule has 1 amide bonds. The third-order valence-electron chi connectivity index (χ3n) is 3.66. The van der Waals surface area contributed by atoms with Crippen LogP contribution in [0.3, 0.4) is 0 Å². The molecule has 3 heteroatoms. The maximum absolute atomic E-state index is 11.3. The van der Waals surface area contributed by atoms with Gasteiger partial charge >= 0.3 is 0 Å². The van der Waals surface area contributed by atoms with Gasteiger partial charge in [-0.1, -0.05) is 6.42 Å². The monoisotopic (exact) mass is 168 g/mol. The molecule has 2 fully saturated rings. The summed E-state index contributed by atoms with van der Waals surface area (Å²) in [5, 5.41) is 0. The van der Waals surface area contributed by atoms with E-state index in [2.05, 4.69) is 0 Å². The van der Waals surface area contributed by atoms with Gasteiger partial charge in [0.1, 0.15) is 0 Å². The van der Waals surface area contributed by atoms with Crippen molar-refractivity contribution >= 4 is 5.91 Å². The Kier molecular flexibility index (Phi) is 1.65. The zero-order valence-corrected chi connectivity index (χ0v) is 7.25. The lowest BCUT2D eigenvalue weighted by Crippen LogP contribution is -2.37. The van der Waals surface area contributed by atoms with Gasteiger partial charge in [0.25, 0.3) is 0 Å². The molecule has 0 aromatic heterocycles. The summed E-state index contributed by atoms with van der Waals surface area (Å²) in [7, 11) is 0. The summed E-state index contributed by atoms with van der Waals surface area (Å²) in [4.78, 5) is 11.3. The second-order valence-electron chi connectivity index (χ2n) is 4.31. The van der Waals surface area contributed by atoms with Crippen molar-refractivity contribution in [1.82, 2.24) is 0 Å². The van der Waals surface area contributed by atoms with E-state index in [1.54, 1.807) is 0 Å². The average molecular weight is 168 g/mol. The van der Waals surface area contributed by atoms with Crippen molar-refractivity contribution in [2.24, 2.45) is 22.8 Å². The molecule has 0 bridgehead atoms. The Hall–Kier alpha value is -0.570. The predicted octanol–water partition coefficient (Wildman–Crippen LogP) is 0.379. The molecular weight excluding hydrogens is 152 g/mol. The highest BCUT2D eigenvalue weighted by atomic mass is 16.1. The lowest BCUT2D eigenvalue weighted by molar-refractivity contribution is -0.128. The molecule has 12 heavy (non-hydrogen) atoms. The molecule has 3 nitrogen and oxygen atoms in total. The molecule has 0 radical (unpaired) electrons. The number of amides is 1. The average Bonchev–Trinajstić information content (AvgIpc) is 2.42. The summed E-state index contributed by atoms with van der Waals surface area (Å²) in [6.45, 7) is 0. The fourth-order valence-corrected chi connectivity index (χ4v) is 3.10. The van der Waals surface area contributed by atoms with Crippen molar-refractivity contribution in [3.05, 3.63) is 0 Å².